The van der Waals surface area contributed by atoms with Crippen molar-refractivity contribution >= 4 is 23.2 Å². The molecule has 3 rings (SSSR count). The number of aromatic nitrogens is 2. The van der Waals surface area contributed by atoms with Gasteiger partial charge in [0.15, 0.2) is 0 Å². The van der Waals surface area contributed by atoms with Gasteiger partial charge in [-0.25, -0.2) is 4.98 Å². The van der Waals surface area contributed by atoms with Crippen LogP contribution in [0.3, 0.4) is 0 Å². The number of methoxy groups -OCH3 is 1. The average molecular weight is 363 g/mol. The Morgan fingerprint density at radius 2 is 2.16 bits per heavy atom. The highest BCUT2D eigenvalue weighted by molar-refractivity contribution is 6.30. The van der Waals surface area contributed by atoms with Crippen LogP contribution in [-0.4, -0.2) is 49.3 Å². The van der Waals surface area contributed by atoms with E-state index in [1.807, 2.05) is 18.2 Å². The SMILES string of the molecule is COc1cncc(C(=O)NCc2cc(Cl)ccc2N2CCOCC2)n1. The number of ether oxygens (including phenoxy) is 2. The van der Waals surface area contributed by atoms with E-state index in [0.29, 0.717) is 30.7 Å². The van der Waals surface area contributed by atoms with Crippen LogP contribution in [0.25, 0.3) is 0 Å². The Morgan fingerprint density at radius 1 is 1.36 bits per heavy atom. The fraction of sp³-hybridized carbons (Fsp3) is 0.353. The number of rotatable bonds is 5. The number of carbonyl (C=O) groups is 1. The van der Waals surface area contributed by atoms with Gasteiger partial charge >= 0.3 is 0 Å². The lowest BCUT2D eigenvalue weighted by atomic mass is 10.1. The van der Waals surface area contributed by atoms with E-state index in [0.717, 1.165) is 24.3 Å². The van der Waals surface area contributed by atoms with Crippen LogP contribution in [0.4, 0.5) is 5.69 Å². The summed E-state index contributed by atoms with van der Waals surface area (Å²) in [5.74, 6) is -0.0243. The molecule has 132 valence electrons. The third-order valence-corrected chi connectivity index (χ3v) is 4.12. The molecule has 1 aliphatic heterocycles. The summed E-state index contributed by atoms with van der Waals surface area (Å²) >= 11 is 6.13. The highest BCUT2D eigenvalue weighted by Crippen LogP contribution is 2.25. The number of carbonyl (C=O) groups excluding carboxylic acids is 1. The van der Waals surface area contributed by atoms with Crippen molar-refractivity contribution in [2.24, 2.45) is 0 Å². The maximum Gasteiger partial charge on any atom is 0.271 e. The van der Waals surface area contributed by atoms with E-state index < -0.39 is 0 Å². The number of hydrogen-bond acceptors (Lipinski definition) is 6. The summed E-state index contributed by atoms with van der Waals surface area (Å²) in [5, 5.41) is 3.49. The van der Waals surface area contributed by atoms with Crippen LogP contribution >= 0.6 is 11.6 Å². The third kappa shape index (κ3) is 4.37. The topological polar surface area (TPSA) is 76.6 Å². The summed E-state index contributed by atoms with van der Waals surface area (Å²) in [4.78, 5) is 22.6. The van der Waals surface area contributed by atoms with E-state index in [1.165, 1.54) is 19.5 Å². The monoisotopic (exact) mass is 362 g/mol. The number of morpholine rings is 1. The van der Waals surface area contributed by atoms with Crippen molar-refractivity contribution in [2.45, 2.75) is 6.54 Å². The van der Waals surface area contributed by atoms with Gasteiger partial charge in [-0.05, 0) is 23.8 Å². The number of amides is 1. The Morgan fingerprint density at radius 3 is 2.92 bits per heavy atom. The van der Waals surface area contributed by atoms with E-state index in [9.17, 15) is 4.79 Å². The molecule has 0 saturated carbocycles. The number of benzene rings is 1. The Hall–Kier alpha value is -2.38. The highest BCUT2D eigenvalue weighted by atomic mass is 35.5. The number of halogens is 1. The Labute approximate surface area is 150 Å². The van der Waals surface area contributed by atoms with Crippen molar-refractivity contribution in [3.05, 3.63) is 46.9 Å². The van der Waals surface area contributed by atoms with Crippen LogP contribution in [0.5, 0.6) is 5.88 Å². The Kier molecular flexibility index (Phi) is 5.67. The lowest BCUT2D eigenvalue weighted by molar-refractivity contribution is 0.0944. The third-order valence-electron chi connectivity index (χ3n) is 3.89. The van der Waals surface area contributed by atoms with Gasteiger partial charge in [0.2, 0.25) is 5.88 Å². The van der Waals surface area contributed by atoms with Gasteiger partial charge in [0.1, 0.15) is 5.69 Å². The molecule has 1 aromatic heterocycles. The highest BCUT2D eigenvalue weighted by Gasteiger charge is 2.16. The molecule has 7 nitrogen and oxygen atoms in total. The molecule has 0 spiro atoms. The predicted molar refractivity (Wildman–Crippen MR) is 94.2 cm³/mol. The van der Waals surface area contributed by atoms with Gasteiger partial charge < -0.3 is 19.7 Å². The van der Waals surface area contributed by atoms with Crippen LogP contribution in [-0.2, 0) is 11.3 Å². The first-order valence-electron chi connectivity index (χ1n) is 7.92. The van der Waals surface area contributed by atoms with Gasteiger partial charge in [-0.2, -0.15) is 0 Å². The maximum absolute atomic E-state index is 12.3. The van der Waals surface area contributed by atoms with E-state index in [2.05, 4.69) is 20.2 Å². The summed E-state index contributed by atoms with van der Waals surface area (Å²) in [7, 11) is 1.48. The number of hydrogen-bond donors (Lipinski definition) is 1. The Balaban J connectivity index is 1.73. The molecule has 1 N–H and O–H groups in total. The van der Waals surface area contributed by atoms with E-state index in [1.54, 1.807) is 0 Å². The van der Waals surface area contributed by atoms with Gasteiger partial charge in [0.25, 0.3) is 5.91 Å². The van der Waals surface area contributed by atoms with Crippen molar-refractivity contribution in [2.75, 3.05) is 38.3 Å². The molecule has 0 bridgehead atoms. The molecule has 2 aromatic rings. The second kappa shape index (κ2) is 8.13. The molecule has 0 aliphatic carbocycles. The molecule has 25 heavy (non-hydrogen) atoms. The molecule has 1 saturated heterocycles. The summed E-state index contributed by atoms with van der Waals surface area (Å²) in [6.07, 6.45) is 2.85. The molecule has 8 heteroatoms. The smallest absolute Gasteiger partial charge is 0.271 e. The number of nitrogens with zero attached hydrogens (tertiary/aromatic N) is 3. The van der Waals surface area contributed by atoms with E-state index in [4.69, 9.17) is 21.1 Å². The molecule has 0 atom stereocenters. The lowest BCUT2D eigenvalue weighted by Gasteiger charge is -2.30. The molecule has 1 fully saturated rings. The molecule has 1 aromatic carbocycles. The zero-order valence-corrected chi connectivity index (χ0v) is 14.6. The van der Waals surface area contributed by atoms with Crippen LogP contribution in [0.2, 0.25) is 5.02 Å². The fourth-order valence-electron chi connectivity index (χ4n) is 2.63. The maximum atomic E-state index is 12.3. The van der Waals surface area contributed by atoms with Crippen molar-refractivity contribution < 1.29 is 14.3 Å². The minimum absolute atomic E-state index is 0.203. The molecule has 2 heterocycles. The van der Waals surface area contributed by atoms with Crippen LogP contribution in [0.1, 0.15) is 16.1 Å². The van der Waals surface area contributed by atoms with Gasteiger partial charge in [-0.15, -0.1) is 0 Å². The second-order valence-electron chi connectivity index (χ2n) is 5.50. The summed E-state index contributed by atoms with van der Waals surface area (Å²) in [6.45, 7) is 3.33. The predicted octanol–water partition coefficient (Wildman–Crippen LogP) is 1.91. The zero-order valence-electron chi connectivity index (χ0n) is 13.9. The van der Waals surface area contributed by atoms with Crippen LogP contribution in [0, 0.1) is 0 Å². The summed E-state index contributed by atoms with van der Waals surface area (Å²) in [6, 6.07) is 5.69. The van der Waals surface area contributed by atoms with Gasteiger partial charge in [-0.3, -0.25) is 9.78 Å². The second-order valence-corrected chi connectivity index (χ2v) is 5.94. The molecule has 0 radical (unpaired) electrons. The summed E-state index contributed by atoms with van der Waals surface area (Å²) < 4.78 is 10.4. The number of nitrogens with one attached hydrogen (secondary N) is 1. The van der Waals surface area contributed by atoms with Crippen LogP contribution < -0.4 is 15.0 Å². The molecular formula is C17H19ClN4O3. The first-order valence-corrected chi connectivity index (χ1v) is 8.30. The molecule has 0 unspecified atom stereocenters. The summed E-state index contributed by atoms with van der Waals surface area (Å²) in [5.41, 5.74) is 2.19. The van der Waals surface area contributed by atoms with E-state index in [-0.39, 0.29) is 11.6 Å². The fourth-order valence-corrected chi connectivity index (χ4v) is 2.83. The first kappa shape index (κ1) is 17.4. The minimum Gasteiger partial charge on any atom is -0.480 e. The first-order chi connectivity index (χ1) is 12.2. The zero-order chi connectivity index (χ0) is 17.6. The van der Waals surface area contributed by atoms with Gasteiger partial charge in [0, 0.05) is 30.3 Å². The minimum atomic E-state index is -0.320. The van der Waals surface area contributed by atoms with Gasteiger partial charge in [-0.1, -0.05) is 11.6 Å². The number of anilines is 1. The average Bonchev–Trinajstić information content (AvgIpc) is 2.67. The van der Waals surface area contributed by atoms with E-state index >= 15 is 0 Å². The molecule has 1 aliphatic rings. The van der Waals surface area contributed by atoms with Crippen molar-refractivity contribution in [3.63, 3.8) is 0 Å². The quantitative estimate of drug-likeness (QED) is 0.875. The normalized spacial score (nSPS) is 14.2. The van der Waals surface area contributed by atoms with Crippen molar-refractivity contribution in [1.29, 1.82) is 0 Å². The molecule has 1 amide bonds. The van der Waals surface area contributed by atoms with Gasteiger partial charge in [0.05, 0.1) is 32.7 Å². The van der Waals surface area contributed by atoms with Crippen molar-refractivity contribution in [3.8, 4) is 5.88 Å². The molecular weight excluding hydrogens is 344 g/mol. The largest absolute Gasteiger partial charge is 0.480 e. The van der Waals surface area contributed by atoms with Crippen LogP contribution in [0.15, 0.2) is 30.6 Å². The van der Waals surface area contributed by atoms with Crippen molar-refractivity contribution in [1.82, 2.24) is 15.3 Å². The lowest BCUT2D eigenvalue weighted by Crippen LogP contribution is -2.37. The Bertz CT molecular complexity index is 750. The standard InChI is InChI=1S/C17H19ClN4O3/c1-24-16-11-19-10-14(21-16)17(23)20-9-12-8-13(18)2-3-15(12)22-4-6-25-7-5-22/h2-3,8,10-11H,4-7,9H2,1H3,(H,20,23).